The molecule has 4 heteroatoms. The fourth-order valence-corrected chi connectivity index (χ4v) is 4.97. The van der Waals surface area contributed by atoms with Gasteiger partial charge in [0.25, 0.3) is 0 Å². The molecule has 120 valence electrons. The maximum Gasteiger partial charge on any atom is 0.338 e. The summed E-state index contributed by atoms with van der Waals surface area (Å²) in [4.78, 5) is 12.2. The Labute approximate surface area is 142 Å². The third-order valence-corrected chi connectivity index (χ3v) is 6.17. The van der Waals surface area contributed by atoms with Crippen molar-refractivity contribution in [3.63, 3.8) is 0 Å². The van der Waals surface area contributed by atoms with Gasteiger partial charge in [0.15, 0.2) is 0 Å². The molecule has 0 aliphatic carbocycles. The van der Waals surface area contributed by atoms with Crippen LogP contribution in [-0.2, 0) is 4.74 Å². The van der Waals surface area contributed by atoms with Gasteiger partial charge in [-0.15, -0.1) is 0 Å². The minimum atomic E-state index is -0.929. The summed E-state index contributed by atoms with van der Waals surface area (Å²) in [5, 5.41) is 12.7. The van der Waals surface area contributed by atoms with Crippen molar-refractivity contribution < 1.29 is 14.6 Å². The zero-order valence-electron chi connectivity index (χ0n) is 13.2. The Kier molecular flexibility index (Phi) is 4.93. The van der Waals surface area contributed by atoms with Crippen molar-refractivity contribution in [2.45, 2.75) is 0 Å². The van der Waals surface area contributed by atoms with Crippen LogP contribution in [0.15, 0.2) is 78.9 Å². The third kappa shape index (κ3) is 3.32. The number of esters is 1. The number of carbonyl (C=O) groups excluding carboxylic acids is 1. The van der Waals surface area contributed by atoms with Crippen LogP contribution >= 0.6 is 7.92 Å². The highest BCUT2D eigenvalue weighted by molar-refractivity contribution is 7.80. The summed E-state index contributed by atoms with van der Waals surface area (Å²) in [6.07, 6.45) is 0. The monoisotopic (exact) mass is 336 g/mol. The number of ether oxygens (including phenoxy) is 1. The topological polar surface area (TPSA) is 46.5 Å². The van der Waals surface area contributed by atoms with E-state index in [0.717, 1.165) is 15.9 Å². The number of rotatable bonds is 4. The lowest BCUT2D eigenvalue weighted by atomic mass is 10.2. The molecular formula is C20H17O3P. The summed E-state index contributed by atoms with van der Waals surface area (Å²) in [6, 6.07) is 24.8. The van der Waals surface area contributed by atoms with E-state index in [1.165, 1.54) is 7.11 Å². The van der Waals surface area contributed by atoms with Crippen LogP contribution in [0.4, 0.5) is 0 Å². The molecule has 0 bridgehead atoms. The molecule has 0 amide bonds. The normalized spacial score (nSPS) is 11.7. The van der Waals surface area contributed by atoms with Crippen molar-refractivity contribution in [3.05, 3.63) is 84.4 Å². The molecule has 0 aliphatic rings. The Balaban J connectivity index is 2.20. The fourth-order valence-electron chi connectivity index (χ4n) is 2.56. The Hall–Kier alpha value is -2.64. The smallest absolute Gasteiger partial charge is 0.338 e. The summed E-state index contributed by atoms with van der Waals surface area (Å²) < 4.78 is 4.95. The summed E-state index contributed by atoms with van der Waals surface area (Å²) in [6.45, 7) is 0. The molecular weight excluding hydrogens is 319 g/mol. The Morgan fingerprint density at radius 1 is 0.833 bits per heavy atom. The van der Waals surface area contributed by atoms with Gasteiger partial charge in [0.2, 0.25) is 0 Å². The van der Waals surface area contributed by atoms with Gasteiger partial charge >= 0.3 is 5.97 Å². The van der Waals surface area contributed by atoms with Gasteiger partial charge in [-0.3, -0.25) is 0 Å². The SMILES string of the molecule is COC(=O)c1ccccc1P(c1ccccc1)c1ccc(O)cc1. The van der Waals surface area contributed by atoms with Crippen molar-refractivity contribution in [2.75, 3.05) is 7.11 Å². The zero-order valence-corrected chi connectivity index (χ0v) is 14.1. The minimum Gasteiger partial charge on any atom is -0.508 e. The van der Waals surface area contributed by atoms with Gasteiger partial charge in [-0.05, 0) is 42.0 Å². The highest BCUT2D eigenvalue weighted by Gasteiger charge is 2.22. The van der Waals surface area contributed by atoms with E-state index in [0.29, 0.717) is 5.56 Å². The first-order valence-electron chi connectivity index (χ1n) is 7.52. The molecule has 0 saturated carbocycles. The average molecular weight is 336 g/mol. The fraction of sp³-hybridized carbons (Fsp3) is 0.0500. The molecule has 0 saturated heterocycles. The van der Waals surface area contributed by atoms with E-state index in [9.17, 15) is 9.90 Å². The molecule has 3 rings (SSSR count). The maximum atomic E-state index is 12.2. The molecule has 0 aliphatic heterocycles. The molecule has 3 aromatic rings. The highest BCUT2D eigenvalue weighted by atomic mass is 31.1. The highest BCUT2D eigenvalue weighted by Crippen LogP contribution is 2.34. The Morgan fingerprint density at radius 2 is 1.42 bits per heavy atom. The summed E-state index contributed by atoms with van der Waals surface area (Å²) in [7, 11) is 0.464. The van der Waals surface area contributed by atoms with Crippen LogP contribution in [0.2, 0.25) is 0 Å². The molecule has 0 spiro atoms. The molecule has 0 radical (unpaired) electrons. The van der Waals surface area contributed by atoms with Crippen molar-refractivity contribution in [3.8, 4) is 5.75 Å². The van der Waals surface area contributed by atoms with E-state index in [4.69, 9.17) is 4.74 Å². The molecule has 0 aromatic heterocycles. The number of benzene rings is 3. The van der Waals surface area contributed by atoms with Gasteiger partial charge in [-0.1, -0.05) is 60.7 Å². The summed E-state index contributed by atoms with van der Waals surface area (Å²) in [5.74, 6) is -0.115. The molecule has 1 unspecified atom stereocenters. The van der Waals surface area contributed by atoms with Crippen LogP contribution < -0.4 is 15.9 Å². The van der Waals surface area contributed by atoms with Gasteiger partial charge < -0.3 is 9.84 Å². The van der Waals surface area contributed by atoms with Gasteiger partial charge in [-0.2, -0.15) is 0 Å². The molecule has 0 fully saturated rings. The number of aromatic hydroxyl groups is 1. The minimum absolute atomic E-state index is 0.225. The van der Waals surface area contributed by atoms with Crippen LogP contribution in [0, 0.1) is 0 Å². The molecule has 3 nitrogen and oxygen atoms in total. The Morgan fingerprint density at radius 3 is 2.08 bits per heavy atom. The molecule has 3 aromatic carbocycles. The van der Waals surface area contributed by atoms with E-state index in [1.54, 1.807) is 18.2 Å². The summed E-state index contributed by atoms with van der Waals surface area (Å²) >= 11 is 0. The lowest BCUT2D eigenvalue weighted by molar-refractivity contribution is 0.0602. The predicted molar refractivity (Wildman–Crippen MR) is 98.2 cm³/mol. The zero-order chi connectivity index (χ0) is 16.9. The van der Waals surface area contributed by atoms with Crippen molar-refractivity contribution in [2.24, 2.45) is 0 Å². The number of methoxy groups -OCH3 is 1. The maximum absolute atomic E-state index is 12.2. The molecule has 24 heavy (non-hydrogen) atoms. The van der Waals surface area contributed by atoms with Crippen LogP contribution in [0.25, 0.3) is 0 Å². The van der Waals surface area contributed by atoms with E-state index in [-0.39, 0.29) is 11.7 Å². The second kappa shape index (κ2) is 7.29. The van der Waals surface area contributed by atoms with Crippen molar-refractivity contribution in [1.29, 1.82) is 0 Å². The van der Waals surface area contributed by atoms with Crippen molar-refractivity contribution >= 4 is 29.8 Å². The second-order valence-electron chi connectivity index (χ2n) is 5.20. The predicted octanol–water partition coefficient (Wildman–Crippen LogP) is 2.94. The number of phenols is 1. The van der Waals surface area contributed by atoms with Gasteiger partial charge in [0.05, 0.1) is 12.7 Å². The van der Waals surface area contributed by atoms with E-state index in [1.807, 2.05) is 48.5 Å². The largest absolute Gasteiger partial charge is 0.508 e. The first-order chi connectivity index (χ1) is 11.7. The molecule has 1 atom stereocenters. The van der Waals surface area contributed by atoms with Gasteiger partial charge in [0.1, 0.15) is 5.75 Å². The quantitative estimate of drug-likeness (QED) is 0.589. The number of phenolic OH excluding ortho intramolecular Hbond substituents is 1. The van der Waals surface area contributed by atoms with E-state index >= 15 is 0 Å². The number of carbonyl (C=O) groups is 1. The average Bonchev–Trinajstić information content (AvgIpc) is 2.64. The van der Waals surface area contributed by atoms with Gasteiger partial charge in [-0.25, -0.2) is 4.79 Å². The standard InChI is InChI=1S/C20H17O3P/c1-23-20(22)18-9-5-6-10-19(18)24(16-7-3-2-4-8-16)17-13-11-15(21)12-14-17/h2-14,21H,1H3. The van der Waals surface area contributed by atoms with Crippen LogP contribution in [-0.4, -0.2) is 18.2 Å². The van der Waals surface area contributed by atoms with E-state index in [2.05, 4.69) is 12.1 Å². The van der Waals surface area contributed by atoms with Crippen LogP contribution in [0.5, 0.6) is 5.75 Å². The Bertz CT molecular complexity index is 829. The van der Waals surface area contributed by atoms with E-state index < -0.39 is 7.92 Å². The molecule has 1 N–H and O–H groups in total. The molecule has 0 heterocycles. The second-order valence-corrected chi connectivity index (χ2v) is 7.38. The first kappa shape index (κ1) is 16.2. The third-order valence-electron chi connectivity index (χ3n) is 3.67. The van der Waals surface area contributed by atoms with Crippen LogP contribution in [0.3, 0.4) is 0 Å². The van der Waals surface area contributed by atoms with Crippen LogP contribution in [0.1, 0.15) is 10.4 Å². The lowest BCUT2D eigenvalue weighted by Crippen LogP contribution is -2.25. The van der Waals surface area contributed by atoms with Gasteiger partial charge in [0, 0.05) is 0 Å². The number of hydrogen-bond donors (Lipinski definition) is 1. The lowest BCUT2D eigenvalue weighted by Gasteiger charge is -2.21. The van der Waals surface area contributed by atoms with Crippen molar-refractivity contribution in [1.82, 2.24) is 0 Å². The summed E-state index contributed by atoms with van der Waals surface area (Å²) in [5.41, 5.74) is 0.572. The first-order valence-corrected chi connectivity index (χ1v) is 8.86. The number of hydrogen-bond acceptors (Lipinski definition) is 3.